The molecule has 0 radical (unpaired) electrons. The smallest absolute Gasteiger partial charge is 0.154 e. The molecule has 2 heteroatoms. The van der Waals surface area contributed by atoms with E-state index < -0.39 is 0 Å². The Morgan fingerprint density at radius 3 is 1.94 bits per heavy atom. The zero-order valence-electron chi connectivity index (χ0n) is 11.9. The van der Waals surface area contributed by atoms with Crippen molar-refractivity contribution in [2.24, 2.45) is 16.6 Å². The van der Waals surface area contributed by atoms with Gasteiger partial charge in [0.05, 0.1) is 6.04 Å². The largest absolute Gasteiger partial charge is 0.321 e. The van der Waals surface area contributed by atoms with Crippen LogP contribution in [0.15, 0.2) is 0 Å². The molecule has 0 aromatic carbocycles. The van der Waals surface area contributed by atoms with Gasteiger partial charge in [-0.2, -0.15) is 0 Å². The van der Waals surface area contributed by atoms with E-state index in [1.807, 2.05) is 20.8 Å². The van der Waals surface area contributed by atoms with Crippen LogP contribution in [-0.2, 0) is 4.79 Å². The molecular formula is C14H29NO. The summed E-state index contributed by atoms with van der Waals surface area (Å²) >= 11 is 0. The lowest BCUT2D eigenvalue weighted by molar-refractivity contribution is -0.127. The van der Waals surface area contributed by atoms with Gasteiger partial charge in [-0.1, -0.05) is 54.4 Å². The summed E-state index contributed by atoms with van der Waals surface area (Å²) in [6.07, 6.45) is 4.24. The van der Waals surface area contributed by atoms with Crippen LogP contribution in [0.5, 0.6) is 0 Å². The summed E-state index contributed by atoms with van der Waals surface area (Å²) in [5.41, 5.74) is 5.99. The molecule has 0 rings (SSSR count). The molecule has 0 aliphatic carbocycles. The monoisotopic (exact) mass is 227 g/mol. The summed E-state index contributed by atoms with van der Waals surface area (Å²) in [7, 11) is 0. The second-order valence-electron chi connectivity index (χ2n) is 7.03. The Morgan fingerprint density at radius 1 is 1.06 bits per heavy atom. The summed E-state index contributed by atoms with van der Waals surface area (Å²) in [6.45, 7) is 12.5. The Labute approximate surface area is 101 Å². The third kappa shape index (κ3) is 7.00. The van der Waals surface area contributed by atoms with Crippen molar-refractivity contribution in [2.45, 2.75) is 73.3 Å². The highest BCUT2D eigenvalue weighted by Crippen LogP contribution is 2.23. The fourth-order valence-corrected chi connectivity index (χ4v) is 1.71. The van der Waals surface area contributed by atoms with Gasteiger partial charge < -0.3 is 5.73 Å². The number of unbranched alkanes of at least 4 members (excludes halogenated alkanes) is 1. The van der Waals surface area contributed by atoms with Crippen molar-refractivity contribution in [2.75, 3.05) is 0 Å². The molecule has 96 valence electrons. The number of hydrogen-bond acceptors (Lipinski definition) is 2. The average molecular weight is 227 g/mol. The summed E-state index contributed by atoms with van der Waals surface area (Å²) in [5, 5.41) is 0. The maximum atomic E-state index is 11.8. The Bertz CT molecular complexity index is 220. The molecule has 0 aliphatic heterocycles. The second kappa shape index (κ2) is 5.81. The molecule has 0 bridgehead atoms. The topological polar surface area (TPSA) is 43.1 Å². The van der Waals surface area contributed by atoms with Crippen molar-refractivity contribution in [1.29, 1.82) is 0 Å². The van der Waals surface area contributed by atoms with Gasteiger partial charge in [0, 0.05) is 5.41 Å². The lowest BCUT2D eigenvalue weighted by atomic mass is 9.84. The predicted octanol–water partition coefficient (Wildman–Crippen LogP) is 3.54. The average Bonchev–Trinajstić information content (AvgIpc) is 2.07. The third-order valence-electron chi connectivity index (χ3n) is 2.77. The normalized spacial score (nSPS) is 14.9. The lowest BCUT2D eigenvalue weighted by Gasteiger charge is -2.22. The Kier molecular flexibility index (Phi) is 5.67. The molecule has 0 heterocycles. The van der Waals surface area contributed by atoms with E-state index in [1.165, 1.54) is 6.42 Å². The summed E-state index contributed by atoms with van der Waals surface area (Å²) in [4.78, 5) is 11.8. The molecule has 16 heavy (non-hydrogen) atoms. The number of carbonyl (C=O) groups excluding carboxylic acids is 1. The first-order chi connectivity index (χ1) is 7.04. The maximum absolute atomic E-state index is 11.8. The van der Waals surface area contributed by atoms with Gasteiger partial charge in [0.15, 0.2) is 5.78 Å². The van der Waals surface area contributed by atoms with Crippen LogP contribution in [0.3, 0.4) is 0 Å². The van der Waals surface area contributed by atoms with Crippen LogP contribution in [0.25, 0.3) is 0 Å². The number of ketones is 1. The molecule has 1 unspecified atom stereocenters. The highest BCUT2D eigenvalue weighted by atomic mass is 16.1. The van der Waals surface area contributed by atoms with Crippen molar-refractivity contribution in [3.63, 3.8) is 0 Å². The molecule has 0 fully saturated rings. The number of Topliss-reactive ketones (excluding diaryl/α,β-unsaturated/α-hetero) is 1. The fraction of sp³-hybridized carbons (Fsp3) is 0.929. The minimum atomic E-state index is -0.302. The lowest BCUT2D eigenvalue weighted by Crippen LogP contribution is -2.38. The molecule has 0 saturated heterocycles. The summed E-state index contributed by atoms with van der Waals surface area (Å²) < 4.78 is 0. The van der Waals surface area contributed by atoms with Crippen LogP contribution in [0.2, 0.25) is 0 Å². The minimum absolute atomic E-state index is 0.184. The van der Waals surface area contributed by atoms with Gasteiger partial charge in [0.1, 0.15) is 0 Å². The van der Waals surface area contributed by atoms with Crippen LogP contribution < -0.4 is 5.73 Å². The fourth-order valence-electron chi connectivity index (χ4n) is 1.71. The van der Waals surface area contributed by atoms with E-state index in [0.717, 1.165) is 19.3 Å². The molecule has 2 nitrogen and oxygen atoms in total. The molecule has 0 amide bonds. The molecule has 1 atom stereocenters. The van der Waals surface area contributed by atoms with E-state index >= 15 is 0 Å². The molecule has 0 aromatic rings. The second-order valence-corrected chi connectivity index (χ2v) is 7.03. The van der Waals surface area contributed by atoms with Gasteiger partial charge in [-0.15, -0.1) is 0 Å². The van der Waals surface area contributed by atoms with Crippen LogP contribution in [-0.4, -0.2) is 11.8 Å². The van der Waals surface area contributed by atoms with Crippen molar-refractivity contribution in [1.82, 2.24) is 0 Å². The number of rotatable bonds is 5. The molecule has 0 saturated carbocycles. The van der Waals surface area contributed by atoms with Crippen LogP contribution in [0.4, 0.5) is 0 Å². The van der Waals surface area contributed by atoms with Crippen LogP contribution >= 0.6 is 0 Å². The van der Waals surface area contributed by atoms with Crippen molar-refractivity contribution in [3.8, 4) is 0 Å². The van der Waals surface area contributed by atoms with E-state index in [9.17, 15) is 4.79 Å². The highest BCUT2D eigenvalue weighted by molar-refractivity contribution is 5.88. The van der Waals surface area contributed by atoms with Gasteiger partial charge in [0.2, 0.25) is 0 Å². The van der Waals surface area contributed by atoms with Gasteiger partial charge >= 0.3 is 0 Å². The predicted molar refractivity (Wildman–Crippen MR) is 70.4 cm³/mol. The van der Waals surface area contributed by atoms with Gasteiger partial charge in [-0.05, 0) is 18.3 Å². The number of carbonyl (C=O) groups is 1. The van der Waals surface area contributed by atoms with Crippen molar-refractivity contribution >= 4 is 5.78 Å². The molecular weight excluding hydrogens is 198 g/mol. The first kappa shape index (κ1) is 15.6. The van der Waals surface area contributed by atoms with Crippen molar-refractivity contribution in [3.05, 3.63) is 0 Å². The zero-order valence-corrected chi connectivity index (χ0v) is 11.9. The molecule has 0 spiro atoms. The molecule has 2 N–H and O–H groups in total. The van der Waals surface area contributed by atoms with E-state index in [1.54, 1.807) is 0 Å². The van der Waals surface area contributed by atoms with E-state index in [2.05, 4.69) is 20.8 Å². The summed E-state index contributed by atoms with van der Waals surface area (Å²) in [5.74, 6) is 0.184. The van der Waals surface area contributed by atoms with Gasteiger partial charge in [0.25, 0.3) is 0 Å². The minimum Gasteiger partial charge on any atom is -0.321 e. The Hall–Kier alpha value is -0.370. The van der Waals surface area contributed by atoms with Crippen LogP contribution in [0, 0.1) is 10.8 Å². The zero-order chi connectivity index (χ0) is 13.0. The standard InChI is InChI=1S/C14H29NO/c1-13(2,3)10-8-7-9-11(15)12(16)14(4,5)6/h11H,7-10,15H2,1-6H3. The Balaban J connectivity index is 3.83. The molecule has 0 aromatic heterocycles. The number of nitrogens with two attached hydrogens (primary N) is 1. The quantitative estimate of drug-likeness (QED) is 0.730. The number of hydrogen-bond donors (Lipinski definition) is 1. The summed E-state index contributed by atoms with van der Waals surface area (Å²) in [6, 6.07) is -0.278. The van der Waals surface area contributed by atoms with Crippen LogP contribution in [0.1, 0.15) is 67.2 Å². The highest BCUT2D eigenvalue weighted by Gasteiger charge is 2.26. The van der Waals surface area contributed by atoms with E-state index in [0.29, 0.717) is 5.41 Å². The first-order valence-corrected chi connectivity index (χ1v) is 6.34. The first-order valence-electron chi connectivity index (χ1n) is 6.34. The third-order valence-corrected chi connectivity index (χ3v) is 2.77. The SMILES string of the molecule is CC(C)(C)CCCCC(N)C(=O)C(C)(C)C. The van der Waals surface area contributed by atoms with Gasteiger partial charge in [-0.25, -0.2) is 0 Å². The Morgan fingerprint density at radius 2 is 1.56 bits per heavy atom. The van der Waals surface area contributed by atoms with E-state index in [-0.39, 0.29) is 17.2 Å². The van der Waals surface area contributed by atoms with Gasteiger partial charge in [-0.3, -0.25) is 4.79 Å². The molecule has 0 aliphatic rings. The van der Waals surface area contributed by atoms with Crippen molar-refractivity contribution < 1.29 is 4.79 Å². The van der Waals surface area contributed by atoms with E-state index in [4.69, 9.17) is 5.73 Å². The maximum Gasteiger partial charge on any atom is 0.154 e.